The van der Waals surface area contributed by atoms with Gasteiger partial charge in [-0.25, -0.2) is 0 Å². The van der Waals surface area contributed by atoms with Gasteiger partial charge >= 0.3 is 6.01 Å². The number of hydrogen-bond donors (Lipinski definition) is 0. The molecule has 0 bridgehead atoms. The average Bonchev–Trinajstić information content (AvgIpc) is 2.93. The number of aryl methyl sites for hydroxylation is 1. The molecule has 1 unspecified atom stereocenters. The molecule has 0 N–H and O–H groups in total. The third-order valence-corrected chi connectivity index (χ3v) is 3.36. The number of aromatic nitrogens is 3. The molecule has 0 aromatic carbocycles. The zero-order valence-corrected chi connectivity index (χ0v) is 11.5. The maximum Gasteiger partial charge on any atom is 0.318 e. The van der Waals surface area contributed by atoms with Crippen molar-refractivity contribution in [2.75, 3.05) is 18.0 Å². The highest BCUT2D eigenvalue weighted by Crippen LogP contribution is 2.20. The molecule has 2 aromatic heterocycles. The number of anilines is 1. The van der Waals surface area contributed by atoms with Crippen molar-refractivity contribution in [3.05, 3.63) is 36.0 Å². The van der Waals surface area contributed by atoms with E-state index < -0.39 is 0 Å². The lowest BCUT2D eigenvalue weighted by Crippen LogP contribution is -2.39. The molecule has 20 heavy (non-hydrogen) atoms. The van der Waals surface area contributed by atoms with E-state index in [9.17, 15) is 0 Å². The number of pyridine rings is 1. The third kappa shape index (κ3) is 3.14. The fraction of sp³-hybridized carbons (Fsp3) is 0.500. The summed E-state index contributed by atoms with van der Waals surface area (Å²) in [4.78, 5) is 6.35. The van der Waals surface area contributed by atoms with Crippen molar-refractivity contribution in [3.63, 3.8) is 0 Å². The van der Waals surface area contributed by atoms with Crippen molar-refractivity contribution in [1.82, 2.24) is 15.2 Å². The summed E-state index contributed by atoms with van der Waals surface area (Å²) in [5.74, 6) is 0.594. The minimum Gasteiger partial charge on any atom is -0.408 e. The van der Waals surface area contributed by atoms with Gasteiger partial charge in [-0.2, -0.15) is 0 Å². The molecule has 6 heteroatoms. The predicted octanol–water partition coefficient (Wildman–Crippen LogP) is 1.96. The molecule has 1 aliphatic rings. The van der Waals surface area contributed by atoms with Crippen LogP contribution in [-0.2, 0) is 11.3 Å². The summed E-state index contributed by atoms with van der Waals surface area (Å²) in [6.07, 6.45) is 4.08. The van der Waals surface area contributed by atoms with E-state index in [0.29, 0.717) is 18.5 Å². The molecule has 1 saturated heterocycles. The first kappa shape index (κ1) is 13.1. The van der Waals surface area contributed by atoms with Crippen LogP contribution in [0.2, 0.25) is 0 Å². The van der Waals surface area contributed by atoms with Gasteiger partial charge < -0.3 is 14.1 Å². The Bertz CT molecular complexity index is 543. The molecule has 1 atom stereocenters. The van der Waals surface area contributed by atoms with Crippen LogP contribution in [0.25, 0.3) is 0 Å². The van der Waals surface area contributed by atoms with Gasteiger partial charge in [0.05, 0.1) is 18.4 Å². The molecule has 6 nitrogen and oxygen atoms in total. The van der Waals surface area contributed by atoms with Gasteiger partial charge in [-0.15, -0.1) is 5.10 Å². The summed E-state index contributed by atoms with van der Waals surface area (Å²) < 4.78 is 11.4. The van der Waals surface area contributed by atoms with Crippen LogP contribution in [0.4, 0.5) is 6.01 Å². The Labute approximate surface area is 117 Å². The Balaban J connectivity index is 1.55. The van der Waals surface area contributed by atoms with Gasteiger partial charge in [0.25, 0.3) is 0 Å². The van der Waals surface area contributed by atoms with E-state index in [4.69, 9.17) is 9.15 Å². The van der Waals surface area contributed by atoms with E-state index in [2.05, 4.69) is 20.1 Å². The average molecular weight is 274 g/mol. The minimum absolute atomic E-state index is 0.179. The van der Waals surface area contributed by atoms with Crippen LogP contribution in [0.15, 0.2) is 28.8 Å². The molecular formula is C14H18N4O2. The van der Waals surface area contributed by atoms with Crippen LogP contribution >= 0.6 is 0 Å². The van der Waals surface area contributed by atoms with E-state index in [1.54, 1.807) is 13.1 Å². The topological polar surface area (TPSA) is 64.3 Å². The molecule has 2 aromatic rings. The fourth-order valence-electron chi connectivity index (χ4n) is 2.35. The van der Waals surface area contributed by atoms with Crippen molar-refractivity contribution in [3.8, 4) is 0 Å². The predicted molar refractivity (Wildman–Crippen MR) is 73.3 cm³/mol. The maximum atomic E-state index is 5.93. The first-order chi connectivity index (χ1) is 9.81. The molecule has 1 fully saturated rings. The van der Waals surface area contributed by atoms with Crippen molar-refractivity contribution < 1.29 is 9.15 Å². The smallest absolute Gasteiger partial charge is 0.318 e. The molecule has 1 aliphatic heterocycles. The van der Waals surface area contributed by atoms with E-state index in [0.717, 1.165) is 31.6 Å². The van der Waals surface area contributed by atoms with E-state index >= 15 is 0 Å². The Morgan fingerprint density at radius 3 is 3.10 bits per heavy atom. The van der Waals surface area contributed by atoms with Crippen LogP contribution < -0.4 is 4.90 Å². The number of piperidine rings is 1. The normalized spacial score (nSPS) is 19.2. The molecule has 3 heterocycles. The van der Waals surface area contributed by atoms with Crippen LogP contribution in [0.3, 0.4) is 0 Å². The van der Waals surface area contributed by atoms with Crippen LogP contribution in [0, 0.1) is 6.92 Å². The Morgan fingerprint density at radius 2 is 2.35 bits per heavy atom. The van der Waals surface area contributed by atoms with E-state index in [1.807, 2.05) is 18.2 Å². The minimum atomic E-state index is 0.179. The third-order valence-electron chi connectivity index (χ3n) is 3.36. The van der Waals surface area contributed by atoms with Gasteiger partial charge in [0.1, 0.15) is 0 Å². The van der Waals surface area contributed by atoms with E-state index in [-0.39, 0.29) is 6.10 Å². The lowest BCUT2D eigenvalue weighted by atomic mass is 10.1. The highest BCUT2D eigenvalue weighted by molar-refractivity contribution is 5.25. The number of rotatable bonds is 4. The highest BCUT2D eigenvalue weighted by Gasteiger charge is 2.24. The van der Waals surface area contributed by atoms with Gasteiger partial charge in [-0.05, 0) is 25.0 Å². The SMILES string of the molecule is Cc1nnc(N2CCCC(OCc3ccccn3)C2)o1. The summed E-state index contributed by atoms with van der Waals surface area (Å²) in [6, 6.07) is 6.44. The lowest BCUT2D eigenvalue weighted by Gasteiger charge is -2.31. The lowest BCUT2D eigenvalue weighted by molar-refractivity contribution is 0.0289. The molecule has 0 amide bonds. The zero-order valence-electron chi connectivity index (χ0n) is 11.5. The second-order valence-electron chi connectivity index (χ2n) is 4.95. The molecule has 0 spiro atoms. The largest absolute Gasteiger partial charge is 0.408 e. The second-order valence-corrected chi connectivity index (χ2v) is 4.95. The summed E-state index contributed by atoms with van der Waals surface area (Å²) in [7, 11) is 0. The van der Waals surface area contributed by atoms with Crippen LogP contribution in [-0.4, -0.2) is 34.4 Å². The molecule has 0 saturated carbocycles. The molecule has 3 rings (SSSR count). The van der Waals surface area contributed by atoms with Crippen molar-refractivity contribution in [2.45, 2.75) is 32.5 Å². The Morgan fingerprint density at radius 1 is 1.40 bits per heavy atom. The van der Waals surface area contributed by atoms with Crippen molar-refractivity contribution >= 4 is 6.01 Å². The zero-order chi connectivity index (χ0) is 13.8. The van der Waals surface area contributed by atoms with Gasteiger partial charge in [0.2, 0.25) is 5.89 Å². The first-order valence-corrected chi connectivity index (χ1v) is 6.88. The highest BCUT2D eigenvalue weighted by atomic mass is 16.5. The van der Waals surface area contributed by atoms with Gasteiger partial charge in [-0.3, -0.25) is 4.98 Å². The van der Waals surface area contributed by atoms with Gasteiger partial charge in [-0.1, -0.05) is 11.2 Å². The number of nitrogens with zero attached hydrogens (tertiary/aromatic N) is 4. The van der Waals surface area contributed by atoms with E-state index in [1.165, 1.54) is 0 Å². The Hall–Kier alpha value is -1.95. The first-order valence-electron chi connectivity index (χ1n) is 6.88. The summed E-state index contributed by atoms with van der Waals surface area (Å²) >= 11 is 0. The second kappa shape index (κ2) is 6.00. The quantitative estimate of drug-likeness (QED) is 0.849. The number of ether oxygens (including phenoxy) is 1. The summed E-state index contributed by atoms with van der Waals surface area (Å²) in [6.45, 7) is 4.07. The van der Waals surface area contributed by atoms with Gasteiger partial charge in [0.15, 0.2) is 0 Å². The van der Waals surface area contributed by atoms with Crippen LogP contribution in [0.5, 0.6) is 0 Å². The standard InChI is InChI=1S/C14H18N4O2/c1-11-16-17-14(20-11)18-8-4-6-13(9-18)19-10-12-5-2-3-7-15-12/h2-3,5,7,13H,4,6,8-10H2,1H3. The molecule has 0 aliphatic carbocycles. The fourth-order valence-corrected chi connectivity index (χ4v) is 2.35. The van der Waals surface area contributed by atoms with Crippen molar-refractivity contribution in [2.24, 2.45) is 0 Å². The molecule has 106 valence electrons. The Kier molecular flexibility index (Phi) is 3.92. The maximum absolute atomic E-state index is 5.93. The summed E-state index contributed by atoms with van der Waals surface area (Å²) in [5, 5.41) is 7.93. The monoisotopic (exact) mass is 274 g/mol. The van der Waals surface area contributed by atoms with Gasteiger partial charge in [0, 0.05) is 26.2 Å². The van der Waals surface area contributed by atoms with Crippen LogP contribution in [0.1, 0.15) is 24.4 Å². The summed E-state index contributed by atoms with van der Waals surface area (Å²) in [5.41, 5.74) is 0.957. The number of hydrogen-bond acceptors (Lipinski definition) is 6. The molecule has 0 radical (unpaired) electrons. The molecular weight excluding hydrogens is 256 g/mol. The van der Waals surface area contributed by atoms with Crippen molar-refractivity contribution in [1.29, 1.82) is 0 Å².